The lowest BCUT2D eigenvalue weighted by Crippen LogP contribution is -2.44. The fraction of sp³-hybridized carbons (Fsp3) is 0.909. The number of thioether (sulfide) groups is 1. The van der Waals surface area contributed by atoms with Crippen molar-refractivity contribution in [2.75, 3.05) is 31.6 Å². The first-order valence-electron chi connectivity index (χ1n) is 5.75. The predicted octanol–water partition coefficient (Wildman–Crippen LogP) is 2.18. The van der Waals surface area contributed by atoms with Crippen LogP contribution >= 0.6 is 11.8 Å². The lowest BCUT2D eigenvalue weighted by atomic mass is 10.1. The second-order valence-corrected chi connectivity index (χ2v) is 5.20. The third-order valence-electron chi connectivity index (χ3n) is 2.70. The van der Waals surface area contributed by atoms with Gasteiger partial charge in [-0.15, -0.1) is 0 Å². The molecule has 1 unspecified atom stereocenters. The highest BCUT2D eigenvalue weighted by atomic mass is 32.2. The van der Waals surface area contributed by atoms with Crippen LogP contribution in [0, 0.1) is 5.92 Å². The highest BCUT2D eigenvalue weighted by molar-refractivity contribution is 7.98. The van der Waals surface area contributed by atoms with Gasteiger partial charge >= 0.3 is 6.03 Å². The second kappa shape index (κ2) is 6.99. The van der Waals surface area contributed by atoms with Crippen LogP contribution in [0.1, 0.15) is 26.2 Å². The van der Waals surface area contributed by atoms with Gasteiger partial charge in [0, 0.05) is 19.6 Å². The smallest absolute Gasteiger partial charge is 0.317 e. The van der Waals surface area contributed by atoms with Gasteiger partial charge in [-0.1, -0.05) is 6.92 Å². The molecule has 15 heavy (non-hydrogen) atoms. The van der Waals surface area contributed by atoms with Gasteiger partial charge in [0.15, 0.2) is 0 Å². The summed E-state index contributed by atoms with van der Waals surface area (Å²) in [6.07, 6.45) is 5.69. The second-order valence-electron chi connectivity index (χ2n) is 4.29. The van der Waals surface area contributed by atoms with Crippen LogP contribution < -0.4 is 5.32 Å². The number of rotatable bonds is 4. The number of hydrogen-bond acceptors (Lipinski definition) is 2. The van der Waals surface area contributed by atoms with E-state index in [2.05, 4.69) is 18.5 Å². The van der Waals surface area contributed by atoms with Gasteiger partial charge in [0.25, 0.3) is 0 Å². The number of hydrogen-bond donors (Lipinski definition) is 1. The fourth-order valence-corrected chi connectivity index (χ4v) is 2.50. The van der Waals surface area contributed by atoms with Gasteiger partial charge in [-0.05, 0) is 37.2 Å². The minimum absolute atomic E-state index is 0.127. The SMILES string of the molecule is CSCC(C)CNC(=O)N1CCCCC1. The predicted molar refractivity (Wildman–Crippen MR) is 66.4 cm³/mol. The van der Waals surface area contributed by atoms with Gasteiger partial charge in [0.2, 0.25) is 0 Å². The van der Waals surface area contributed by atoms with Gasteiger partial charge < -0.3 is 10.2 Å². The van der Waals surface area contributed by atoms with Crippen molar-refractivity contribution in [3.63, 3.8) is 0 Å². The normalized spacial score (nSPS) is 18.7. The molecule has 1 fully saturated rings. The monoisotopic (exact) mass is 230 g/mol. The van der Waals surface area contributed by atoms with Crippen LogP contribution in [0.25, 0.3) is 0 Å². The Morgan fingerprint density at radius 2 is 2.07 bits per heavy atom. The molecular weight excluding hydrogens is 208 g/mol. The van der Waals surface area contributed by atoms with Crippen molar-refractivity contribution < 1.29 is 4.79 Å². The highest BCUT2D eigenvalue weighted by Crippen LogP contribution is 2.09. The maximum Gasteiger partial charge on any atom is 0.317 e. The molecule has 0 bridgehead atoms. The molecule has 0 aromatic rings. The Labute approximate surface area is 97.0 Å². The molecule has 1 aliphatic heterocycles. The van der Waals surface area contributed by atoms with Crippen LogP contribution in [-0.2, 0) is 0 Å². The third-order valence-corrected chi connectivity index (χ3v) is 3.60. The van der Waals surface area contributed by atoms with Gasteiger partial charge in [-0.3, -0.25) is 0 Å². The summed E-state index contributed by atoms with van der Waals surface area (Å²) in [6.45, 7) is 4.84. The van der Waals surface area contributed by atoms with E-state index in [1.165, 1.54) is 6.42 Å². The van der Waals surface area contributed by atoms with Crippen molar-refractivity contribution in [1.29, 1.82) is 0 Å². The van der Waals surface area contributed by atoms with E-state index >= 15 is 0 Å². The summed E-state index contributed by atoms with van der Waals surface area (Å²) < 4.78 is 0. The average Bonchev–Trinajstić information content (AvgIpc) is 2.27. The summed E-state index contributed by atoms with van der Waals surface area (Å²) in [5, 5.41) is 3.01. The molecule has 1 heterocycles. The van der Waals surface area contributed by atoms with Crippen LogP contribution in [0.15, 0.2) is 0 Å². The van der Waals surface area contributed by atoms with Crippen LogP contribution in [-0.4, -0.2) is 42.6 Å². The molecule has 1 rings (SSSR count). The lowest BCUT2D eigenvalue weighted by Gasteiger charge is -2.27. The number of urea groups is 1. The van der Waals surface area contributed by atoms with E-state index in [-0.39, 0.29) is 6.03 Å². The molecule has 0 spiro atoms. The zero-order chi connectivity index (χ0) is 11.1. The average molecular weight is 230 g/mol. The molecule has 1 aliphatic rings. The molecule has 0 radical (unpaired) electrons. The van der Waals surface area contributed by atoms with Gasteiger partial charge in [-0.2, -0.15) is 11.8 Å². The van der Waals surface area contributed by atoms with E-state index in [9.17, 15) is 4.79 Å². The van der Waals surface area contributed by atoms with Crippen molar-refractivity contribution in [2.45, 2.75) is 26.2 Å². The number of nitrogens with zero attached hydrogens (tertiary/aromatic N) is 1. The molecule has 1 atom stereocenters. The van der Waals surface area contributed by atoms with Gasteiger partial charge in [0.05, 0.1) is 0 Å². The summed E-state index contributed by atoms with van der Waals surface area (Å²) in [7, 11) is 0. The molecule has 4 heteroatoms. The third kappa shape index (κ3) is 4.78. The van der Waals surface area contributed by atoms with Crippen molar-refractivity contribution in [3.8, 4) is 0 Å². The van der Waals surface area contributed by atoms with E-state index in [0.717, 1.165) is 38.2 Å². The number of piperidine rings is 1. The minimum Gasteiger partial charge on any atom is -0.338 e. The Kier molecular flexibility index (Phi) is 5.91. The molecule has 2 amide bonds. The van der Waals surface area contributed by atoms with Gasteiger partial charge in [0.1, 0.15) is 0 Å². The quantitative estimate of drug-likeness (QED) is 0.803. The van der Waals surface area contributed by atoms with E-state index in [0.29, 0.717) is 5.92 Å². The largest absolute Gasteiger partial charge is 0.338 e. The fourth-order valence-electron chi connectivity index (χ4n) is 1.81. The summed E-state index contributed by atoms with van der Waals surface area (Å²) in [5.74, 6) is 1.68. The number of amides is 2. The Hall–Kier alpha value is -0.380. The van der Waals surface area contributed by atoms with Crippen molar-refractivity contribution in [3.05, 3.63) is 0 Å². The van der Waals surface area contributed by atoms with Crippen LogP contribution in [0.5, 0.6) is 0 Å². The van der Waals surface area contributed by atoms with Crippen LogP contribution in [0.2, 0.25) is 0 Å². The number of carbonyl (C=O) groups is 1. The summed E-state index contributed by atoms with van der Waals surface area (Å²) in [6, 6.07) is 0.127. The van der Waals surface area contributed by atoms with E-state index in [1.54, 1.807) is 0 Å². The minimum atomic E-state index is 0.127. The number of nitrogens with one attached hydrogen (secondary N) is 1. The van der Waals surface area contributed by atoms with E-state index < -0.39 is 0 Å². The Bertz CT molecular complexity index is 193. The van der Waals surface area contributed by atoms with E-state index in [4.69, 9.17) is 0 Å². The molecule has 0 aromatic carbocycles. The van der Waals surface area contributed by atoms with Crippen molar-refractivity contribution in [1.82, 2.24) is 10.2 Å². The number of likely N-dealkylation sites (tertiary alicyclic amines) is 1. The molecule has 1 saturated heterocycles. The molecule has 0 aliphatic carbocycles. The maximum absolute atomic E-state index is 11.7. The molecule has 0 saturated carbocycles. The molecule has 0 aromatic heterocycles. The Balaban J connectivity index is 2.16. The molecule has 1 N–H and O–H groups in total. The number of carbonyl (C=O) groups excluding carboxylic acids is 1. The zero-order valence-electron chi connectivity index (χ0n) is 9.79. The van der Waals surface area contributed by atoms with E-state index in [1.807, 2.05) is 16.7 Å². The van der Waals surface area contributed by atoms with Gasteiger partial charge in [-0.25, -0.2) is 4.79 Å². The Morgan fingerprint density at radius 1 is 1.40 bits per heavy atom. The summed E-state index contributed by atoms with van der Waals surface area (Å²) >= 11 is 1.83. The first-order valence-corrected chi connectivity index (χ1v) is 7.15. The molecule has 3 nitrogen and oxygen atoms in total. The highest BCUT2D eigenvalue weighted by Gasteiger charge is 2.16. The standard InChI is InChI=1S/C11H22N2OS/c1-10(9-15-2)8-12-11(14)13-6-4-3-5-7-13/h10H,3-9H2,1-2H3,(H,12,14). The topological polar surface area (TPSA) is 32.3 Å². The maximum atomic E-state index is 11.7. The molecular formula is C11H22N2OS. The lowest BCUT2D eigenvalue weighted by molar-refractivity contribution is 0.185. The Morgan fingerprint density at radius 3 is 2.67 bits per heavy atom. The van der Waals surface area contributed by atoms with Crippen molar-refractivity contribution in [2.24, 2.45) is 5.92 Å². The van der Waals surface area contributed by atoms with Crippen molar-refractivity contribution >= 4 is 17.8 Å². The first-order chi connectivity index (χ1) is 7.24. The molecule has 88 valence electrons. The summed E-state index contributed by atoms with van der Waals surface area (Å²) in [4.78, 5) is 13.7. The van der Waals surface area contributed by atoms with Crippen LogP contribution in [0.4, 0.5) is 4.79 Å². The first kappa shape index (κ1) is 12.7. The zero-order valence-corrected chi connectivity index (χ0v) is 10.6. The summed E-state index contributed by atoms with van der Waals surface area (Å²) in [5.41, 5.74) is 0. The van der Waals surface area contributed by atoms with Crippen LogP contribution in [0.3, 0.4) is 0 Å².